The Balaban J connectivity index is 0. The predicted molar refractivity (Wildman–Crippen MR) is 74.2 cm³/mol. The van der Waals surface area contributed by atoms with Crippen LogP contribution in [0.25, 0.3) is 0 Å². The molecule has 0 saturated carbocycles. The summed E-state index contributed by atoms with van der Waals surface area (Å²) in [6, 6.07) is 0.875. The van der Waals surface area contributed by atoms with Crippen LogP contribution < -0.4 is 11.1 Å². The lowest BCUT2D eigenvalue weighted by Crippen LogP contribution is -2.31. The van der Waals surface area contributed by atoms with Crippen molar-refractivity contribution < 1.29 is 19.6 Å². The Morgan fingerprint density at radius 1 is 1.37 bits per heavy atom. The average Bonchev–Trinajstić information content (AvgIpc) is 2.78. The van der Waals surface area contributed by atoms with Gasteiger partial charge in [0.1, 0.15) is 0 Å². The number of rotatable bonds is 7. The lowest BCUT2D eigenvalue weighted by atomic mass is 9.83. The molecule has 1 fully saturated rings. The van der Waals surface area contributed by atoms with Gasteiger partial charge in [-0.25, -0.2) is 0 Å². The summed E-state index contributed by atoms with van der Waals surface area (Å²) < 4.78 is 0. The molecule has 6 nitrogen and oxygen atoms in total. The van der Waals surface area contributed by atoms with Crippen molar-refractivity contribution in [2.45, 2.75) is 64.4 Å². The van der Waals surface area contributed by atoms with E-state index in [-0.39, 0.29) is 19.6 Å². The van der Waals surface area contributed by atoms with Crippen molar-refractivity contribution in [2.24, 2.45) is 5.73 Å². The molecule has 1 saturated heterocycles. The van der Waals surface area contributed by atoms with Crippen molar-refractivity contribution in [3.63, 3.8) is 0 Å². The second-order valence-electron chi connectivity index (χ2n) is 4.64. The molecule has 0 aliphatic carbocycles. The van der Waals surface area contributed by atoms with Gasteiger partial charge in [-0.05, 0) is 38.5 Å². The van der Waals surface area contributed by atoms with Crippen LogP contribution in [0.1, 0.15) is 46.0 Å². The molecule has 112 valence electrons. The fourth-order valence-corrected chi connectivity index (χ4v) is 2.17. The molecule has 1 aliphatic rings. The molecule has 0 aromatic carbocycles. The van der Waals surface area contributed by atoms with Gasteiger partial charge in [0.05, 0.1) is 0 Å². The summed E-state index contributed by atoms with van der Waals surface area (Å²) in [6.45, 7) is 1.13. The summed E-state index contributed by atoms with van der Waals surface area (Å²) in [4.78, 5) is 16.2. The first-order valence-corrected chi connectivity index (χ1v) is 6.44. The zero-order chi connectivity index (χ0) is 13.8. The first kappa shape index (κ1) is 20.6. The first-order chi connectivity index (χ1) is 8.60. The van der Waals surface area contributed by atoms with Gasteiger partial charge >= 0.3 is 13.3 Å². The normalized spacial score (nSPS) is 18.6. The van der Waals surface area contributed by atoms with Crippen molar-refractivity contribution in [1.82, 2.24) is 5.32 Å². The van der Waals surface area contributed by atoms with Crippen LogP contribution >= 0.6 is 0 Å². The third kappa shape index (κ3) is 13.5. The number of carbonyl (C=O) groups excluding carboxylic acids is 2. The van der Waals surface area contributed by atoms with Gasteiger partial charge in [-0.2, -0.15) is 9.59 Å². The van der Waals surface area contributed by atoms with Crippen LogP contribution in [0.3, 0.4) is 0 Å². The SMILES string of the molecule is C.NC(CCCCB(O)O)CC1CCCN1.O=C=O. The molecule has 0 radical (unpaired) electrons. The molecular formula is C12H27BN2O4. The maximum Gasteiger partial charge on any atom is 0.451 e. The highest BCUT2D eigenvalue weighted by molar-refractivity contribution is 6.40. The second-order valence-corrected chi connectivity index (χ2v) is 4.64. The van der Waals surface area contributed by atoms with E-state index in [2.05, 4.69) is 5.32 Å². The maximum atomic E-state index is 8.66. The van der Waals surface area contributed by atoms with Crippen LogP contribution in [-0.4, -0.2) is 41.9 Å². The topological polar surface area (TPSA) is 113 Å². The molecular weight excluding hydrogens is 247 g/mol. The lowest BCUT2D eigenvalue weighted by molar-refractivity contribution is -0.191. The molecule has 0 aromatic heterocycles. The minimum atomic E-state index is -1.15. The molecule has 1 heterocycles. The van der Waals surface area contributed by atoms with Crippen LogP contribution in [-0.2, 0) is 9.59 Å². The summed E-state index contributed by atoms with van der Waals surface area (Å²) in [7, 11) is -1.15. The van der Waals surface area contributed by atoms with Crippen LogP contribution in [0, 0.1) is 0 Å². The summed E-state index contributed by atoms with van der Waals surface area (Å²) in [5, 5.41) is 20.8. The molecule has 0 spiro atoms. The zero-order valence-electron chi connectivity index (χ0n) is 10.7. The van der Waals surface area contributed by atoms with E-state index in [1.165, 1.54) is 12.8 Å². The number of nitrogens with two attached hydrogens (primary N) is 1. The van der Waals surface area contributed by atoms with Crippen LogP contribution in [0.4, 0.5) is 0 Å². The highest BCUT2D eigenvalue weighted by Crippen LogP contribution is 2.13. The summed E-state index contributed by atoms with van der Waals surface area (Å²) in [5.74, 6) is 0. The Labute approximate surface area is 115 Å². The average molecular weight is 274 g/mol. The summed E-state index contributed by atoms with van der Waals surface area (Å²) in [6.07, 6.45) is 7.13. The predicted octanol–water partition coefficient (Wildman–Crippen LogP) is 0.152. The van der Waals surface area contributed by atoms with E-state index >= 15 is 0 Å². The Kier molecular flexibility index (Phi) is 14.9. The standard InChI is InChI=1S/C10H23BN2O2.CO2.CH4/c12-9(4-1-2-6-11(14)15)8-10-5-3-7-13-10;2-1-3;/h9-10,13-15H,1-8,12H2;;1H4. The molecule has 1 rings (SSSR count). The highest BCUT2D eigenvalue weighted by Gasteiger charge is 2.17. The first-order valence-electron chi connectivity index (χ1n) is 6.44. The highest BCUT2D eigenvalue weighted by atomic mass is 16.4. The third-order valence-corrected chi connectivity index (χ3v) is 3.04. The number of hydrogen-bond donors (Lipinski definition) is 4. The molecule has 1 aliphatic heterocycles. The van der Waals surface area contributed by atoms with Gasteiger partial charge in [0.15, 0.2) is 0 Å². The molecule has 0 amide bonds. The van der Waals surface area contributed by atoms with E-state index in [1.54, 1.807) is 0 Å². The zero-order valence-corrected chi connectivity index (χ0v) is 10.7. The largest absolute Gasteiger partial charge is 0.451 e. The monoisotopic (exact) mass is 274 g/mol. The van der Waals surface area contributed by atoms with Gasteiger partial charge < -0.3 is 21.1 Å². The summed E-state index contributed by atoms with van der Waals surface area (Å²) >= 11 is 0. The van der Waals surface area contributed by atoms with Gasteiger partial charge in [0.25, 0.3) is 0 Å². The Morgan fingerprint density at radius 3 is 2.47 bits per heavy atom. The molecule has 0 aromatic rings. The van der Waals surface area contributed by atoms with Gasteiger partial charge in [-0.1, -0.05) is 20.3 Å². The lowest BCUT2D eigenvalue weighted by Gasteiger charge is -2.16. The summed E-state index contributed by atoms with van der Waals surface area (Å²) in [5.41, 5.74) is 6.01. The molecule has 5 N–H and O–H groups in total. The third-order valence-electron chi connectivity index (χ3n) is 3.04. The van der Waals surface area contributed by atoms with Crippen molar-refractivity contribution >= 4 is 13.3 Å². The molecule has 7 heteroatoms. The van der Waals surface area contributed by atoms with Crippen molar-refractivity contribution in [3.05, 3.63) is 0 Å². The number of unbranched alkanes of at least 4 members (excludes halogenated alkanes) is 1. The van der Waals surface area contributed by atoms with E-state index < -0.39 is 7.12 Å². The van der Waals surface area contributed by atoms with Gasteiger partial charge in [0.2, 0.25) is 0 Å². The minimum Gasteiger partial charge on any atom is -0.427 e. The number of nitrogens with one attached hydrogen (secondary N) is 1. The maximum absolute atomic E-state index is 8.66. The Bertz CT molecular complexity index is 230. The Hall–Kier alpha value is -0.715. The number of hydrogen-bond acceptors (Lipinski definition) is 6. The quantitative estimate of drug-likeness (QED) is 0.388. The molecule has 2 unspecified atom stereocenters. The van der Waals surface area contributed by atoms with E-state index in [0.29, 0.717) is 12.4 Å². The molecule has 2 atom stereocenters. The van der Waals surface area contributed by atoms with Crippen LogP contribution in [0.15, 0.2) is 0 Å². The van der Waals surface area contributed by atoms with Crippen LogP contribution in [0.5, 0.6) is 0 Å². The van der Waals surface area contributed by atoms with E-state index in [0.717, 1.165) is 32.2 Å². The van der Waals surface area contributed by atoms with E-state index in [4.69, 9.17) is 25.4 Å². The van der Waals surface area contributed by atoms with Crippen molar-refractivity contribution in [3.8, 4) is 0 Å². The van der Waals surface area contributed by atoms with E-state index in [1.807, 2.05) is 0 Å². The van der Waals surface area contributed by atoms with Gasteiger partial charge in [0, 0.05) is 12.1 Å². The van der Waals surface area contributed by atoms with Crippen molar-refractivity contribution in [2.75, 3.05) is 6.54 Å². The molecule has 19 heavy (non-hydrogen) atoms. The smallest absolute Gasteiger partial charge is 0.427 e. The van der Waals surface area contributed by atoms with E-state index in [9.17, 15) is 0 Å². The van der Waals surface area contributed by atoms with Crippen molar-refractivity contribution in [1.29, 1.82) is 0 Å². The molecule has 0 bridgehead atoms. The minimum absolute atomic E-state index is 0. The van der Waals surface area contributed by atoms with Crippen LogP contribution in [0.2, 0.25) is 6.32 Å². The van der Waals surface area contributed by atoms with Gasteiger partial charge in [-0.3, -0.25) is 0 Å². The second kappa shape index (κ2) is 13.7. The Morgan fingerprint density at radius 2 is 2.00 bits per heavy atom. The fourth-order valence-electron chi connectivity index (χ4n) is 2.17. The van der Waals surface area contributed by atoms with Gasteiger partial charge in [-0.15, -0.1) is 0 Å². The fraction of sp³-hybridized carbons (Fsp3) is 0.917.